The molecule has 0 saturated carbocycles. The molecule has 22 heavy (non-hydrogen) atoms. The highest BCUT2D eigenvalue weighted by Gasteiger charge is 2.15. The molecule has 0 aliphatic rings. The van der Waals surface area contributed by atoms with E-state index in [1.165, 1.54) is 26.0 Å². The van der Waals surface area contributed by atoms with Gasteiger partial charge in [0.1, 0.15) is 11.6 Å². The monoisotopic (exact) mass is 301 g/mol. The molecule has 0 heterocycles. The Balaban J connectivity index is 2.75. The molecular formula is C15H15N3O4. The minimum atomic E-state index is -0.743. The van der Waals surface area contributed by atoms with Gasteiger partial charge in [-0.05, 0) is 25.1 Å². The third kappa shape index (κ3) is 4.76. The largest absolute Gasteiger partial charge is 0.454 e. The third-order valence-electron chi connectivity index (χ3n) is 2.54. The molecule has 7 nitrogen and oxygen atoms in total. The number of allylic oxidation sites excluding steroid dienone is 1. The first-order valence-electron chi connectivity index (χ1n) is 6.29. The first-order chi connectivity index (χ1) is 10.3. The standard InChI is InChI=1S/C15H15N3O4/c1-9(17)13(7-16)14(20)8-22-15(21)11-4-3-5-12(6-11)18-10(2)19/h3-6H,8,17H2,1-2H3,(H,18,19)/b13-9-. The van der Waals surface area contributed by atoms with Gasteiger partial charge in [0.05, 0.1) is 5.56 Å². The maximum atomic E-state index is 11.9. The topological polar surface area (TPSA) is 122 Å². The summed E-state index contributed by atoms with van der Waals surface area (Å²) in [5.74, 6) is -1.69. The van der Waals surface area contributed by atoms with Gasteiger partial charge < -0.3 is 15.8 Å². The summed E-state index contributed by atoms with van der Waals surface area (Å²) in [5, 5.41) is 11.3. The summed E-state index contributed by atoms with van der Waals surface area (Å²) in [5.41, 5.74) is 5.82. The van der Waals surface area contributed by atoms with Gasteiger partial charge in [0.25, 0.3) is 0 Å². The first kappa shape index (κ1) is 16.9. The second-order valence-corrected chi connectivity index (χ2v) is 4.43. The van der Waals surface area contributed by atoms with Gasteiger partial charge in [0, 0.05) is 18.3 Å². The van der Waals surface area contributed by atoms with E-state index in [4.69, 9.17) is 15.7 Å². The smallest absolute Gasteiger partial charge is 0.338 e. The molecule has 1 aromatic carbocycles. The van der Waals surface area contributed by atoms with Crippen molar-refractivity contribution in [3.8, 4) is 6.07 Å². The van der Waals surface area contributed by atoms with E-state index in [1.807, 2.05) is 0 Å². The van der Waals surface area contributed by atoms with Crippen LogP contribution in [0, 0.1) is 11.3 Å². The highest BCUT2D eigenvalue weighted by Crippen LogP contribution is 2.12. The van der Waals surface area contributed by atoms with Crippen molar-refractivity contribution in [1.82, 2.24) is 0 Å². The van der Waals surface area contributed by atoms with Crippen LogP contribution < -0.4 is 11.1 Å². The Hall–Kier alpha value is -3.14. The lowest BCUT2D eigenvalue weighted by Gasteiger charge is -2.06. The summed E-state index contributed by atoms with van der Waals surface area (Å²) in [4.78, 5) is 34.5. The van der Waals surface area contributed by atoms with Crippen LogP contribution in [-0.4, -0.2) is 24.3 Å². The first-order valence-corrected chi connectivity index (χ1v) is 6.29. The lowest BCUT2D eigenvalue weighted by Crippen LogP contribution is -2.17. The number of amides is 1. The second-order valence-electron chi connectivity index (χ2n) is 4.43. The lowest BCUT2D eigenvalue weighted by molar-refractivity contribution is -0.118. The van der Waals surface area contributed by atoms with Gasteiger partial charge in [-0.15, -0.1) is 0 Å². The molecule has 1 aromatic rings. The number of anilines is 1. The Morgan fingerprint density at radius 3 is 2.55 bits per heavy atom. The molecular weight excluding hydrogens is 286 g/mol. The highest BCUT2D eigenvalue weighted by atomic mass is 16.5. The van der Waals surface area contributed by atoms with E-state index in [0.29, 0.717) is 5.69 Å². The molecule has 0 atom stereocenters. The summed E-state index contributed by atoms with van der Waals surface area (Å²) in [6.45, 7) is 2.17. The normalized spacial score (nSPS) is 11.0. The number of ketones is 1. The molecule has 0 aliphatic heterocycles. The number of nitrogens with two attached hydrogens (primary N) is 1. The predicted octanol–water partition coefficient (Wildman–Crippen LogP) is 1.13. The van der Waals surface area contributed by atoms with Gasteiger partial charge in [-0.25, -0.2) is 4.79 Å². The van der Waals surface area contributed by atoms with Crippen LogP contribution in [-0.2, 0) is 14.3 Å². The molecule has 0 spiro atoms. The molecule has 114 valence electrons. The number of nitriles is 1. The average Bonchev–Trinajstić information content (AvgIpc) is 2.44. The van der Waals surface area contributed by atoms with E-state index in [-0.39, 0.29) is 22.7 Å². The van der Waals surface area contributed by atoms with Crippen LogP contribution in [0.3, 0.4) is 0 Å². The number of hydrogen-bond acceptors (Lipinski definition) is 6. The molecule has 1 amide bonds. The van der Waals surface area contributed by atoms with Gasteiger partial charge in [-0.1, -0.05) is 6.07 Å². The van der Waals surface area contributed by atoms with Gasteiger partial charge in [0.15, 0.2) is 6.61 Å². The van der Waals surface area contributed by atoms with Crippen molar-refractivity contribution in [1.29, 1.82) is 5.26 Å². The summed E-state index contributed by atoms with van der Waals surface area (Å²) in [6, 6.07) is 7.73. The minimum Gasteiger partial charge on any atom is -0.454 e. The average molecular weight is 301 g/mol. The second kappa shape index (κ2) is 7.59. The molecule has 0 aromatic heterocycles. The number of rotatable bonds is 5. The van der Waals surface area contributed by atoms with Gasteiger partial charge in [-0.3, -0.25) is 9.59 Å². The zero-order chi connectivity index (χ0) is 16.7. The van der Waals surface area contributed by atoms with Crippen molar-refractivity contribution >= 4 is 23.3 Å². The summed E-state index contributed by atoms with van der Waals surface area (Å²) in [7, 11) is 0. The Morgan fingerprint density at radius 2 is 2.00 bits per heavy atom. The van der Waals surface area contributed by atoms with Crippen molar-refractivity contribution in [3.63, 3.8) is 0 Å². The zero-order valence-electron chi connectivity index (χ0n) is 12.2. The molecule has 3 N–H and O–H groups in total. The molecule has 0 fully saturated rings. The summed E-state index contributed by atoms with van der Waals surface area (Å²) >= 11 is 0. The Kier molecular flexibility index (Phi) is 5.84. The molecule has 0 radical (unpaired) electrons. The maximum Gasteiger partial charge on any atom is 0.338 e. The SMILES string of the molecule is CC(=O)Nc1cccc(C(=O)OCC(=O)/C(C#N)=C(/C)N)c1. The fourth-order valence-electron chi connectivity index (χ4n) is 1.58. The molecule has 0 bridgehead atoms. The number of hydrogen-bond donors (Lipinski definition) is 2. The van der Waals surface area contributed by atoms with Gasteiger partial charge in [-0.2, -0.15) is 5.26 Å². The zero-order valence-corrected chi connectivity index (χ0v) is 12.2. The minimum absolute atomic E-state index is 0.0659. The summed E-state index contributed by atoms with van der Waals surface area (Å²) in [6.07, 6.45) is 0. The quantitative estimate of drug-likeness (QED) is 0.477. The summed E-state index contributed by atoms with van der Waals surface area (Å²) < 4.78 is 4.84. The van der Waals surface area contributed by atoms with Crippen molar-refractivity contribution in [2.24, 2.45) is 5.73 Å². The number of ether oxygens (including phenoxy) is 1. The fraction of sp³-hybridized carbons (Fsp3) is 0.200. The number of nitrogens with one attached hydrogen (secondary N) is 1. The number of carbonyl (C=O) groups excluding carboxylic acids is 3. The van der Waals surface area contributed by atoms with Crippen LogP contribution >= 0.6 is 0 Å². The van der Waals surface area contributed by atoms with Crippen molar-refractivity contribution in [2.75, 3.05) is 11.9 Å². The molecule has 0 saturated heterocycles. The van der Waals surface area contributed by atoms with E-state index in [1.54, 1.807) is 18.2 Å². The van der Waals surface area contributed by atoms with E-state index in [0.717, 1.165) is 0 Å². The molecule has 7 heteroatoms. The Bertz CT molecular complexity index is 682. The van der Waals surface area contributed by atoms with Crippen molar-refractivity contribution in [3.05, 3.63) is 41.1 Å². The van der Waals surface area contributed by atoms with E-state index in [2.05, 4.69) is 5.32 Å². The number of nitrogens with zero attached hydrogens (tertiary/aromatic N) is 1. The highest BCUT2D eigenvalue weighted by molar-refractivity contribution is 6.02. The maximum absolute atomic E-state index is 11.9. The van der Waals surface area contributed by atoms with E-state index >= 15 is 0 Å². The molecule has 0 unspecified atom stereocenters. The molecule has 1 rings (SSSR count). The number of benzene rings is 1. The number of carbonyl (C=O) groups is 3. The van der Waals surface area contributed by atoms with Crippen LogP contribution in [0.5, 0.6) is 0 Å². The fourth-order valence-corrected chi connectivity index (χ4v) is 1.58. The predicted molar refractivity (Wildman–Crippen MR) is 78.5 cm³/mol. The van der Waals surface area contributed by atoms with Crippen molar-refractivity contribution in [2.45, 2.75) is 13.8 Å². The molecule has 0 aliphatic carbocycles. The number of Topliss-reactive ketones (excluding diaryl/α,β-unsaturated/α-hetero) is 1. The number of esters is 1. The van der Waals surface area contributed by atoms with E-state index in [9.17, 15) is 14.4 Å². The van der Waals surface area contributed by atoms with Gasteiger partial charge >= 0.3 is 5.97 Å². The van der Waals surface area contributed by atoms with Crippen LogP contribution in [0.1, 0.15) is 24.2 Å². The van der Waals surface area contributed by atoms with Crippen LogP contribution in [0.2, 0.25) is 0 Å². The van der Waals surface area contributed by atoms with Crippen LogP contribution in [0.4, 0.5) is 5.69 Å². The van der Waals surface area contributed by atoms with Crippen LogP contribution in [0.15, 0.2) is 35.5 Å². The van der Waals surface area contributed by atoms with Crippen LogP contribution in [0.25, 0.3) is 0 Å². The van der Waals surface area contributed by atoms with E-state index < -0.39 is 18.4 Å². The Labute approximate surface area is 127 Å². The lowest BCUT2D eigenvalue weighted by atomic mass is 10.1. The van der Waals surface area contributed by atoms with Crippen molar-refractivity contribution < 1.29 is 19.1 Å². The third-order valence-corrected chi connectivity index (χ3v) is 2.54. The Morgan fingerprint density at radius 1 is 1.32 bits per heavy atom. The van der Waals surface area contributed by atoms with Gasteiger partial charge in [0.2, 0.25) is 11.7 Å².